The van der Waals surface area contributed by atoms with Gasteiger partial charge in [-0.2, -0.15) is 0 Å². The van der Waals surface area contributed by atoms with Gasteiger partial charge in [0.2, 0.25) is 12.3 Å². The fourth-order valence-corrected chi connectivity index (χ4v) is 3.94. The third-order valence-electron chi connectivity index (χ3n) is 6.12. The van der Waals surface area contributed by atoms with Gasteiger partial charge >= 0.3 is 0 Å². The quantitative estimate of drug-likeness (QED) is 0.178. The van der Waals surface area contributed by atoms with E-state index in [1.165, 1.54) is 6.92 Å². The number of Topliss-reactive ketones (excluding diaryl/α,β-unsaturated/α-hetero) is 2. The molecule has 0 aliphatic rings. The van der Waals surface area contributed by atoms with Crippen LogP contribution in [-0.4, -0.2) is 46.7 Å². The number of amides is 2. The molecule has 184 valence electrons. The smallest absolute Gasteiger partial charge is 0.233 e. The van der Waals surface area contributed by atoms with Crippen molar-refractivity contribution in [1.82, 2.24) is 10.4 Å². The summed E-state index contributed by atoms with van der Waals surface area (Å²) in [6.45, 7) is 9.29. The van der Waals surface area contributed by atoms with Crippen LogP contribution in [0.2, 0.25) is 0 Å². The van der Waals surface area contributed by atoms with Crippen LogP contribution in [0.4, 0.5) is 0 Å². The third-order valence-corrected chi connectivity index (χ3v) is 6.12. The molecule has 0 saturated heterocycles. The van der Waals surface area contributed by atoms with Crippen LogP contribution >= 0.6 is 0 Å². The molecule has 33 heavy (non-hydrogen) atoms. The number of carbonyl (C=O) groups is 4. The van der Waals surface area contributed by atoms with E-state index >= 15 is 0 Å². The first-order chi connectivity index (χ1) is 15.5. The normalized spacial score (nSPS) is 14.1. The van der Waals surface area contributed by atoms with Crippen LogP contribution in [0, 0.1) is 17.3 Å². The first-order valence-electron chi connectivity index (χ1n) is 11.7. The van der Waals surface area contributed by atoms with E-state index in [0.29, 0.717) is 37.3 Å². The van der Waals surface area contributed by atoms with E-state index in [1.54, 1.807) is 6.92 Å². The third kappa shape index (κ3) is 10.3. The highest BCUT2D eigenvalue weighted by molar-refractivity contribution is 5.89. The van der Waals surface area contributed by atoms with Crippen molar-refractivity contribution < 1.29 is 24.4 Å². The summed E-state index contributed by atoms with van der Waals surface area (Å²) >= 11 is 0. The Morgan fingerprint density at radius 2 is 1.76 bits per heavy atom. The van der Waals surface area contributed by atoms with Crippen LogP contribution in [0.25, 0.3) is 0 Å². The molecule has 1 aromatic rings. The fourth-order valence-electron chi connectivity index (χ4n) is 3.94. The van der Waals surface area contributed by atoms with Crippen molar-refractivity contribution in [2.45, 2.75) is 79.2 Å². The van der Waals surface area contributed by atoms with E-state index in [1.807, 2.05) is 51.1 Å². The van der Waals surface area contributed by atoms with Crippen molar-refractivity contribution in [2.75, 3.05) is 6.54 Å². The zero-order valence-corrected chi connectivity index (χ0v) is 20.7. The first kappa shape index (κ1) is 28.5. The SMILES string of the molecule is CC(=O)CCCNC(=O)[C@@H](CC(=O)[C@H](CCCc1ccccc1)[C@H](C)N(O)C=O)C(C)(C)C. The largest absolute Gasteiger partial charge is 0.356 e. The Hall–Kier alpha value is -2.54. The zero-order chi connectivity index (χ0) is 25.0. The molecule has 0 aliphatic carbocycles. The molecular weight excluding hydrogens is 420 g/mol. The number of rotatable bonds is 15. The van der Waals surface area contributed by atoms with Gasteiger partial charge in [-0.1, -0.05) is 51.1 Å². The Bertz CT molecular complexity index is 773. The molecular formula is C26H40N2O5. The number of hydrogen-bond donors (Lipinski definition) is 2. The van der Waals surface area contributed by atoms with Gasteiger partial charge in [-0.25, -0.2) is 5.06 Å². The highest BCUT2D eigenvalue weighted by Crippen LogP contribution is 2.32. The number of benzene rings is 1. The molecule has 1 rings (SSSR count). The van der Waals surface area contributed by atoms with Crippen molar-refractivity contribution in [3.8, 4) is 0 Å². The molecule has 2 N–H and O–H groups in total. The van der Waals surface area contributed by atoms with Crippen LogP contribution < -0.4 is 5.32 Å². The van der Waals surface area contributed by atoms with E-state index in [-0.39, 0.29) is 23.9 Å². The molecule has 2 amide bonds. The molecule has 0 unspecified atom stereocenters. The van der Waals surface area contributed by atoms with Gasteiger partial charge in [-0.05, 0) is 50.5 Å². The fraction of sp³-hybridized carbons (Fsp3) is 0.615. The minimum absolute atomic E-state index is 0.0229. The Kier molecular flexibility index (Phi) is 12.0. The number of nitrogens with one attached hydrogen (secondary N) is 1. The monoisotopic (exact) mass is 460 g/mol. The topological polar surface area (TPSA) is 104 Å². The van der Waals surface area contributed by atoms with Gasteiger partial charge in [0.1, 0.15) is 11.6 Å². The number of carbonyl (C=O) groups excluding carboxylic acids is 4. The van der Waals surface area contributed by atoms with Crippen molar-refractivity contribution in [2.24, 2.45) is 17.3 Å². The minimum atomic E-state index is -0.690. The lowest BCUT2D eigenvalue weighted by atomic mass is 9.74. The van der Waals surface area contributed by atoms with Crippen molar-refractivity contribution in [1.29, 1.82) is 0 Å². The number of aryl methyl sites for hydroxylation is 1. The average molecular weight is 461 g/mol. The zero-order valence-electron chi connectivity index (χ0n) is 20.7. The van der Waals surface area contributed by atoms with E-state index < -0.39 is 23.3 Å². The van der Waals surface area contributed by atoms with E-state index in [0.717, 1.165) is 18.4 Å². The summed E-state index contributed by atoms with van der Waals surface area (Å²) in [7, 11) is 0. The van der Waals surface area contributed by atoms with Crippen molar-refractivity contribution >= 4 is 23.9 Å². The van der Waals surface area contributed by atoms with Gasteiger partial charge in [-0.15, -0.1) is 0 Å². The molecule has 0 saturated carbocycles. The lowest BCUT2D eigenvalue weighted by molar-refractivity contribution is -0.166. The maximum atomic E-state index is 13.3. The number of nitrogens with zero attached hydrogens (tertiary/aromatic N) is 1. The summed E-state index contributed by atoms with van der Waals surface area (Å²) < 4.78 is 0. The number of hydrogen-bond acceptors (Lipinski definition) is 5. The Morgan fingerprint density at radius 3 is 2.30 bits per heavy atom. The van der Waals surface area contributed by atoms with Crippen LogP contribution in [0.1, 0.15) is 72.3 Å². The van der Waals surface area contributed by atoms with Crippen LogP contribution in [0.3, 0.4) is 0 Å². The predicted octanol–water partition coefficient (Wildman–Crippen LogP) is 3.97. The van der Waals surface area contributed by atoms with Gasteiger partial charge in [0, 0.05) is 31.2 Å². The molecule has 3 atom stereocenters. The molecule has 7 nitrogen and oxygen atoms in total. The molecule has 1 aromatic carbocycles. The van der Waals surface area contributed by atoms with E-state index in [4.69, 9.17) is 0 Å². The summed E-state index contributed by atoms with van der Waals surface area (Å²) in [6.07, 6.45) is 3.29. The van der Waals surface area contributed by atoms with Gasteiger partial charge in [0.25, 0.3) is 0 Å². The maximum Gasteiger partial charge on any atom is 0.233 e. The molecule has 7 heteroatoms. The molecule has 0 heterocycles. The highest BCUT2D eigenvalue weighted by Gasteiger charge is 2.37. The lowest BCUT2D eigenvalue weighted by Gasteiger charge is -2.32. The Morgan fingerprint density at radius 1 is 1.12 bits per heavy atom. The summed E-state index contributed by atoms with van der Waals surface area (Å²) in [5, 5.41) is 13.4. The molecule has 0 spiro atoms. The van der Waals surface area contributed by atoms with E-state index in [9.17, 15) is 24.4 Å². The standard InChI is InChI=1S/C26H40N2O5/c1-19(30)11-10-16-27-25(32)23(26(3,4)5)17-24(31)22(20(2)28(33)18-29)15-9-14-21-12-7-6-8-13-21/h6-8,12-13,18,20,22-23,33H,9-11,14-17H2,1-5H3,(H,27,32)/t20-,22+,23+/m0/s1. The van der Waals surface area contributed by atoms with Crippen LogP contribution in [0.15, 0.2) is 30.3 Å². The second-order valence-electron chi connectivity index (χ2n) is 9.90. The first-order valence-corrected chi connectivity index (χ1v) is 11.7. The van der Waals surface area contributed by atoms with Crippen LogP contribution in [0.5, 0.6) is 0 Å². The maximum absolute atomic E-state index is 13.3. The van der Waals surface area contributed by atoms with Crippen molar-refractivity contribution in [3.63, 3.8) is 0 Å². The van der Waals surface area contributed by atoms with Crippen LogP contribution in [-0.2, 0) is 25.6 Å². The summed E-state index contributed by atoms with van der Waals surface area (Å²) in [5.41, 5.74) is 0.701. The second-order valence-corrected chi connectivity index (χ2v) is 9.90. The minimum Gasteiger partial charge on any atom is -0.356 e. The second kappa shape index (κ2) is 13.9. The number of ketones is 2. The Balaban J connectivity index is 2.88. The van der Waals surface area contributed by atoms with Gasteiger partial charge in [-0.3, -0.25) is 19.6 Å². The van der Waals surface area contributed by atoms with Gasteiger partial charge in [0.05, 0.1) is 6.04 Å². The molecule has 0 fully saturated rings. The summed E-state index contributed by atoms with van der Waals surface area (Å²) in [5.74, 6) is -1.43. The van der Waals surface area contributed by atoms with Gasteiger partial charge in [0.15, 0.2) is 0 Å². The average Bonchev–Trinajstić information content (AvgIpc) is 2.76. The molecule has 0 radical (unpaired) electrons. The van der Waals surface area contributed by atoms with Gasteiger partial charge < -0.3 is 10.1 Å². The predicted molar refractivity (Wildman–Crippen MR) is 128 cm³/mol. The molecule has 0 aliphatic heterocycles. The Labute approximate surface area is 197 Å². The molecule has 0 bridgehead atoms. The van der Waals surface area contributed by atoms with E-state index in [2.05, 4.69) is 5.32 Å². The molecule has 0 aromatic heterocycles. The van der Waals surface area contributed by atoms with Crippen molar-refractivity contribution in [3.05, 3.63) is 35.9 Å². The summed E-state index contributed by atoms with van der Waals surface area (Å²) in [4.78, 5) is 48.5. The number of hydroxylamine groups is 2. The highest BCUT2D eigenvalue weighted by atomic mass is 16.5. The lowest BCUT2D eigenvalue weighted by Crippen LogP contribution is -2.43. The summed E-state index contributed by atoms with van der Waals surface area (Å²) in [6, 6.07) is 9.23.